The number of carbonyl (C=O) groups excluding carboxylic acids is 1. The SMILES string of the molecule is CC(C)NCCC(=O)NCC(C)(O)CO. The van der Waals surface area contributed by atoms with Crippen molar-refractivity contribution in [2.75, 3.05) is 19.7 Å². The van der Waals surface area contributed by atoms with Crippen LogP contribution in [-0.2, 0) is 4.79 Å². The Balaban J connectivity index is 3.58. The molecule has 0 spiro atoms. The molecule has 1 amide bonds. The number of amides is 1. The second-order valence-electron chi connectivity index (χ2n) is 4.29. The molecule has 1 atom stereocenters. The average Bonchev–Trinajstić information content (AvgIpc) is 2.14. The number of nitrogens with one attached hydrogen (secondary N) is 2. The maximum absolute atomic E-state index is 11.2. The van der Waals surface area contributed by atoms with Gasteiger partial charge in [-0.2, -0.15) is 0 Å². The lowest BCUT2D eigenvalue weighted by Gasteiger charge is -2.20. The van der Waals surface area contributed by atoms with Crippen molar-refractivity contribution in [2.45, 2.75) is 38.8 Å². The van der Waals surface area contributed by atoms with E-state index in [9.17, 15) is 9.90 Å². The Hall–Kier alpha value is -0.650. The molecule has 0 heterocycles. The van der Waals surface area contributed by atoms with Crippen molar-refractivity contribution in [3.8, 4) is 0 Å². The largest absolute Gasteiger partial charge is 0.393 e. The molecule has 5 heteroatoms. The molecule has 5 nitrogen and oxygen atoms in total. The zero-order valence-corrected chi connectivity index (χ0v) is 9.71. The predicted octanol–water partition coefficient (Wildman–Crippen LogP) is -0.766. The molecule has 0 fully saturated rings. The lowest BCUT2D eigenvalue weighted by Crippen LogP contribution is -2.43. The van der Waals surface area contributed by atoms with Crippen molar-refractivity contribution < 1.29 is 15.0 Å². The van der Waals surface area contributed by atoms with Gasteiger partial charge in [0, 0.05) is 25.6 Å². The molecule has 1 unspecified atom stereocenters. The van der Waals surface area contributed by atoms with Crippen molar-refractivity contribution >= 4 is 5.91 Å². The van der Waals surface area contributed by atoms with Crippen molar-refractivity contribution in [2.24, 2.45) is 0 Å². The van der Waals surface area contributed by atoms with E-state index >= 15 is 0 Å². The first-order valence-corrected chi connectivity index (χ1v) is 5.21. The van der Waals surface area contributed by atoms with Crippen molar-refractivity contribution in [1.82, 2.24) is 10.6 Å². The van der Waals surface area contributed by atoms with Crippen molar-refractivity contribution in [3.63, 3.8) is 0 Å². The molecule has 0 saturated heterocycles. The summed E-state index contributed by atoms with van der Waals surface area (Å²) in [5, 5.41) is 23.8. The van der Waals surface area contributed by atoms with Gasteiger partial charge in [-0.15, -0.1) is 0 Å². The fourth-order valence-corrected chi connectivity index (χ4v) is 0.908. The van der Waals surface area contributed by atoms with Gasteiger partial charge in [-0.25, -0.2) is 0 Å². The second kappa shape index (κ2) is 6.76. The van der Waals surface area contributed by atoms with Crippen LogP contribution >= 0.6 is 0 Å². The Morgan fingerprint density at radius 2 is 2.07 bits per heavy atom. The fourth-order valence-electron chi connectivity index (χ4n) is 0.908. The number of aliphatic hydroxyl groups is 2. The highest BCUT2D eigenvalue weighted by Crippen LogP contribution is 1.98. The van der Waals surface area contributed by atoms with Crippen LogP contribution in [-0.4, -0.2) is 47.5 Å². The summed E-state index contributed by atoms with van der Waals surface area (Å²) in [6, 6.07) is 0.360. The quantitative estimate of drug-likeness (QED) is 0.452. The van der Waals surface area contributed by atoms with Gasteiger partial charge in [0.1, 0.15) is 5.60 Å². The highest BCUT2D eigenvalue weighted by molar-refractivity contribution is 5.76. The first kappa shape index (κ1) is 14.3. The van der Waals surface area contributed by atoms with Crippen LogP contribution < -0.4 is 10.6 Å². The first-order chi connectivity index (χ1) is 6.87. The van der Waals surface area contributed by atoms with Crippen molar-refractivity contribution in [1.29, 1.82) is 0 Å². The summed E-state index contributed by atoms with van der Waals surface area (Å²) in [7, 11) is 0. The van der Waals surface area contributed by atoms with Crippen LogP contribution in [0.1, 0.15) is 27.2 Å². The van der Waals surface area contributed by atoms with Gasteiger partial charge in [-0.3, -0.25) is 4.79 Å². The van der Waals surface area contributed by atoms with E-state index in [0.29, 0.717) is 19.0 Å². The van der Waals surface area contributed by atoms with Crippen LogP contribution in [0.25, 0.3) is 0 Å². The first-order valence-electron chi connectivity index (χ1n) is 5.21. The van der Waals surface area contributed by atoms with E-state index in [-0.39, 0.29) is 19.1 Å². The highest BCUT2D eigenvalue weighted by Gasteiger charge is 2.19. The minimum Gasteiger partial charge on any atom is -0.393 e. The molecular formula is C10H22N2O3. The summed E-state index contributed by atoms with van der Waals surface area (Å²) >= 11 is 0. The Morgan fingerprint density at radius 3 is 2.53 bits per heavy atom. The zero-order valence-electron chi connectivity index (χ0n) is 9.71. The summed E-state index contributed by atoms with van der Waals surface area (Å²) in [6.07, 6.45) is 0.375. The molecule has 0 saturated carbocycles. The minimum atomic E-state index is -1.23. The number of hydrogen-bond acceptors (Lipinski definition) is 4. The monoisotopic (exact) mass is 218 g/mol. The van der Waals surface area contributed by atoms with E-state index in [2.05, 4.69) is 10.6 Å². The summed E-state index contributed by atoms with van der Waals surface area (Å²) in [4.78, 5) is 11.2. The van der Waals surface area contributed by atoms with Gasteiger partial charge in [0.25, 0.3) is 0 Å². The molecule has 0 rings (SSSR count). The lowest BCUT2D eigenvalue weighted by atomic mass is 10.1. The van der Waals surface area contributed by atoms with Gasteiger partial charge in [-0.1, -0.05) is 13.8 Å². The van der Waals surface area contributed by atoms with E-state index in [1.807, 2.05) is 13.8 Å². The van der Waals surface area contributed by atoms with Gasteiger partial charge < -0.3 is 20.8 Å². The van der Waals surface area contributed by atoms with E-state index in [1.54, 1.807) is 0 Å². The van der Waals surface area contributed by atoms with Crippen LogP contribution in [0.15, 0.2) is 0 Å². The second-order valence-corrected chi connectivity index (χ2v) is 4.29. The van der Waals surface area contributed by atoms with Crippen molar-refractivity contribution in [3.05, 3.63) is 0 Å². The molecule has 15 heavy (non-hydrogen) atoms. The third-order valence-corrected chi connectivity index (χ3v) is 1.91. The van der Waals surface area contributed by atoms with Crippen LogP contribution in [0.3, 0.4) is 0 Å². The normalized spacial score (nSPS) is 15.1. The standard InChI is InChI=1S/C10H22N2O3/c1-8(2)11-5-4-9(14)12-6-10(3,15)7-13/h8,11,13,15H,4-7H2,1-3H3,(H,12,14). The summed E-state index contributed by atoms with van der Waals surface area (Å²) in [6.45, 7) is 5.81. The smallest absolute Gasteiger partial charge is 0.221 e. The number of rotatable bonds is 7. The molecule has 0 bridgehead atoms. The van der Waals surface area contributed by atoms with Crippen LogP contribution in [0.2, 0.25) is 0 Å². The third-order valence-electron chi connectivity index (χ3n) is 1.91. The molecule has 0 aliphatic carbocycles. The molecule has 0 aromatic heterocycles. The summed E-state index contributed by atoms with van der Waals surface area (Å²) in [5.41, 5.74) is -1.23. The van der Waals surface area contributed by atoms with Gasteiger partial charge in [0.2, 0.25) is 5.91 Å². The molecule has 0 aliphatic heterocycles. The van der Waals surface area contributed by atoms with E-state index in [0.717, 1.165) is 0 Å². The molecule has 4 N–H and O–H groups in total. The maximum Gasteiger partial charge on any atom is 0.221 e. The summed E-state index contributed by atoms with van der Waals surface area (Å²) < 4.78 is 0. The topological polar surface area (TPSA) is 81.6 Å². The van der Waals surface area contributed by atoms with Crippen LogP contribution in [0.5, 0.6) is 0 Å². The highest BCUT2D eigenvalue weighted by atomic mass is 16.3. The Kier molecular flexibility index (Phi) is 6.47. The Bertz CT molecular complexity index is 193. The zero-order chi connectivity index (χ0) is 11.9. The van der Waals surface area contributed by atoms with Gasteiger partial charge >= 0.3 is 0 Å². The number of hydrogen-bond donors (Lipinski definition) is 4. The van der Waals surface area contributed by atoms with E-state index in [1.165, 1.54) is 6.92 Å². The van der Waals surface area contributed by atoms with E-state index in [4.69, 9.17) is 5.11 Å². The number of aliphatic hydroxyl groups excluding tert-OH is 1. The molecule has 0 aromatic rings. The molecule has 0 aromatic carbocycles. The Labute approximate surface area is 90.9 Å². The summed E-state index contributed by atoms with van der Waals surface area (Å²) in [5.74, 6) is -0.128. The Morgan fingerprint density at radius 1 is 1.47 bits per heavy atom. The molecule has 0 radical (unpaired) electrons. The maximum atomic E-state index is 11.2. The van der Waals surface area contributed by atoms with Crippen LogP contribution in [0.4, 0.5) is 0 Å². The minimum absolute atomic E-state index is 0.0734. The molecule has 90 valence electrons. The lowest BCUT2D eigenvalue weighted by molar-refractivity contribution is -0.122. The van der Waals surface area contributed by atoms with Gasteiger partial charge in [-0.05, 0) is 6.92 Å². The van der Waals surface area contributed by atoms with Crippen LogP contribution in [0, 0.1) is 0 Å². The molecule has 0 aliphatic rings. The fraction of sp³-hybridized carbons (Fsp3) is 0.900. The molecular weight excluding hydrogens is 196 g/mol. The van der Waals surface area contributed by atoms with Gasteiger partial charge in [0.05, 0.1) is 6.61 Å². The third kappa shape index (κ3) is 8.35. The van der Waals surface area contributed by atoms with E-state index < -0.39 is 5.60 Å². The average molecular weight is 218 g/mol. The predicted molar refractivity (Wildman–Crippen MR) is 58.5 cm³/mol. The van der Waals surface area contributed by atoms with Gasteiger partial charge in [0.15, 0.2) is 0 Å². The number of carbonyl (C=O) groups is 1.